The van der Waals surface area contributed by atoms with Crippen LogP contribution in [-0.4, -0.2) is 30.2 Å². The maximum Gasteiger partial charge on any atom is 0.169 e. The summed E-state index contributed by atoms with van der Waals surface area (Å²) in [4.78, 5) is 11.3. The van der Waals surface area contributed by atoms with Crippen LogP contribution in [0.2, 0.25) is 0 Å². The Labute approximate surface area is 79.4 Å². The Morgan fingerprint density at radius 1 is 1.46 bits per heavy atom. The fourth-order valence-corrected chi connectivity index (χ4v) is 1.44. The van der Waals surface area contributed by atoms with Crippen LogP contribution in [0, 0.1) is 0 Å². The molecule has 1 rings (SSSR count). The van der Waals surface area contributed by atoms with E-state index in [1.807, 2.05) is 20.8 Å². The van der Waals surface area contributed by atoms with Gasteiger partial charge in [-0.3, -0.25) is 4.79 Å². The normalized spacial score (nSPS) is 34.5. The molecular weight excluding hydrogens is 168 g/mol. The number of rotatable bonds is 2. The summed E-state index contributed by atoms with van der Waals surface area (Å²) in [6, 6.07) is 0. The second kappa shape index (κ2) is 3.07. The van der Waals surface area contributed by atoms with Gasteiger partial charge in [0, 0.05) is 13.5 Å². The van der Waals surface area contributed by atoms with Crippen molar-refractivity contribution < 1.29 is 14.3 Å². The van der Waals surface area contributed by atoms with Gasteiger partial charge in [0.1, 0.15) is 11.7 Å². The summed E-state index contributed by atoms with van der Waals surface area (Å²) in [5, 5.41) is 0. The first kappa shape index (κ1) is 10.7. The third-order valence-corrected chi connectivity index (χ3v) is 2.46. The van der Waals surface area contributed by atoms with E-state index in [1.165, 1.54) is 0 Å². The summed E-state index contributed by atoms with van der Waals surface area (Å²) in [5.41, 5.74) is -0.932. The first-order valence-corrected chi connectivity index (χ1v) is 4.56. The molecule has 1 saturated carbocycles. The number of carbonyl (C=O) groups excluding carboxylic acids is 1. The van der Waals surface area contributed by atoms with Crippen LogP contribution in [0.4, 0.5) is 0 Å². The Bertz CT molecular complexity index is 217. The molecule has 0 aromatic heterocycles. The smallest absolute Gasteiger partial charge is 0.169 e. The second-order valence-electron chi connectivity index (χ2n) is 4.66. The van der Waals surface area contributed by atoms with Gasteiger partial charge < -0.3 is 9.47 Å². The molecule has 1 fully saturated rings. The van der Waals surface area contributed by atoms with Crippen LogP contribution in [0.1, 0.15) is 34.1 Å². The lowest BCUT2D eigenvalue weighted by Crippen LogP contribution is -2.62. The molecule has 0 saturated heterocycles. The molecule has 0 N–H and O–H groups in total. The molecule has 0 aromatic carbocycles. The van der Waals surface area contributed by atoms with Crippen LogP contribution in [0.5, 0.6) is 0 Å². The summed E-state index contributed by atoms with van der Waals surface area (Å²) in [6.07, 6.45) is 0.381. The summed E-state index contributed by atoms with van der Waals surface area (Å²) in [6.45, 7) is 7.72. The molecule has 0 heterocycles. The van der Waals surface area contributed by atoms with E-state index in [9.17, 15) is 4.79 Å². The van der Waals surface area contributed by atoms with E-state index >= 15 is 0 Å². The van der Waals surface area contributed by atoms with E-state index in [-0.39, 0.29) is 17.5 Å². The lowest BCUT2D eigenvalue weighted by Gasteiger charge is -2.46. The highest BCUT2D eigenvalue weighted by molar-refractivity contribution is 5.94. The fourth-order valence-electron chi connectivity index (χ4n) is 1.44. The maximum absolute atomic E-state index is 11.3. The van der Waals surface area contributed by atoms with Crippen molar-refractivity contribution in [3.8, 4) is 0 Å². The predicted molar refractivity (Wildman–Crippen MR) is 49.7 cm³/mol. The molecule has 13 heavy (non-hydrogen) atoms. The van der Waals surface area contributed by atoms with Gasteiger partial charge in [-0.05, 0) is 27.7 Å². The number of carbonyl (C=O) groups is 1. The number of ether oxygens (including phenoxy) is 2. The second-order valence-corrected chi connectivity index (χ2v) is 4.66. The minimum Gasteiger partial charge on any atom is -0.369 e. The number of hydrogen-bond donors (Lipinski definition) is 0. The van der Waals surface area contributed by atoms with Crippen molar-refractivity contribution in [1.82, 2.24) is 0 Å². The lowest BCUT2D eigenvalue weighted by atomic mass is 9.76. The maximum atomic E-state index is 11.3. The van der Waals surface area contributed by atoms with Crippen molar-refractivity contribution in [2.45, 2.75) is 51.4 Å². The predicted octanol–water partition coefficient (Wildman–Crippen LogP) is 1.55. The van der Waals surface area contributed by atoms with E-state index in [1.54, 1.807) is 14.0 Å². The molecule has 3 nitrogen and oxygen atoms in total. The van der Waals surface area contributed by atoms with Gasteiger partial charge in [-0.1, -0.05) is 0 Å². The third kappa shape index (κ3) is 1.92. The standard InChI is InChI=1S/C10H18O3/c1-9(2,3)13-8-6-7(11)10(8,4)12-5/h8H,6H2,1-5H3/t8-,10-/m0/s1. The molecule has 76 valence electrons. The number of methoxy groups -OCH3 is 1. The van der Waals surface area contributed by atoms with Gasteiger partial charge in [-0.15, -0.1) is 0 Å². The number of Topliss-reactive ketones (excluding diaryl/α,β-unsaturated/α-hetero) is 1. The fraction of sp³-hybridized carbons (Fsp3) is 0.900. The lowest BCUT2D eigenvalue weighted by molar-refractivity contribution is -0.208. The molecule has 3 heteroatoms. The molecule has 2 atom stereocenters. The summed E-state index contributed by atoms with van der Waals surface area (Å²) in [5.74, 6) is 0.129. The molecule has 0 radical (unpaired) electrons. The van der Waals surface area contributed by atoms with Gasteiger partial charge in [-0.25, -0.2) is 0 Å². The average molecular weight is 186 g/mol. The van der Waals surface area contributed by atoms with Gasteiger partial charge >= 0.3 is 0 Å². The number of hydrogen-bond acceptors (Lipinski definition) is 3. The first-order chi connectivity index (χ1) is 5.79. The van der Waals surface area contributed by atoms with Crippen molar-refractivity contribution in [3.63, 3.8) is 0 Å². The van der Waals surface area contributed by atoms with Gasteiger partial charge in [0.2, 0.25) is 0 Å². The Morgan fingerprint density at radius 3 is 2.31 bits per heavy atom. The highest BCUT2D eigenvalue weighted by Gasteiger charge is 2.53. The molecule has 0 unspecified atom stereocenters. The summed E-state index contributed by atoms with van der Waals surface area (Å²) >= 11 is 0. The van der Waals surface area contributed by atoms with Crippen LogP contribution in [-0.2, 0) is 14.3 Å². The molecule has 0 bridgehead atoms. The largest absolute Gasteiger partial charge is 0.369 e. The van der Waals surface area contributed by atoms with Gasteiger partial charge in [0.05, 0.1) is 5.60 Å². The average Bonchev–Trinajstić information content (AvgIpc) is 2.00. The molecular formula is C10H18O3. The highest BCUT2D eigenvalue weighted by atomic mass is 16.6. The molecule has 0 amide bonds. The van der Waals surface area contributed by atoms with E-state index in [2.05, 4.69) is 0 Å². The zero-order valence-corrected chi connectivity index (χ0v) is 9.01. The molecule has 0 aromatic rings. The Morgan fingerprint density at radius 2 is 2.00 bits per heavy atom. The monoisotopic (exact) mass is 186 g/mol. The van der Waals surface area contributed by atoms with Crippen molar-refractivity contribution in [2.24, 2.45) is 0 Å². The Kier molecular flexibility index (Phi) is 2.52. The van der Waals surface area contributed by atoms with E-state index < -0.39 is 5.60 Å². The Hall–Kier alpha value is -0.410. The van der Waals surface area contributed by atoms with E-state index in [4.69, 9.17) is 9.47 Å². The van der Waals surface area contributed by atoms with Crippen LogP contribution < -0.4 is 0 Å². The highest BCUT2D eigenvalue weighted by Crippen LogP contribution is 2.36. The molecule has 0 spiro atoms. The van der Waals surface area contributed by atoms with Crippen molar-refractivity contribution >= 4 is 5.78 Å². The Balaban J connectivity index is 2.61. The van der Waals surface area contributed by atoms with E-state index in [0.717, 1.165) is 0 Å². The molecule has 0 aliphatic heterocycles. The molecule has 1 aliphatic rings. The van der Waals surface area contributed by atoms with Crippen LogP contribution in [0.3, 0.4) is 0 Å². The van der Waals surface area contributed by atoms with Crippen molar-refractivity contribution in [2.75, 3.05) is 7.11 Å². The SMILES string of the molecule is CO[C@@]1(C)C(=O)C[C@@H]1OC(C)(C)C. The van der Waals surface area contributed by atoms with Crippen molar-refractivity contribution in [1.29, 1.82) is 0 Å². The van der Waals surface area contributed by atoms with Crippen LogP contribution in [0.15, 0.2) is 0 Å². The zero-order valence-electron chi connectivity index (χ0n) is 9.01. The zero-order chi connectivity index (χ0) is 10.3. The van der Waals surface area contributed by atoms with Gasteiger partial charge in [0.25, 0.3) is 0 Å². The van der Waals surface area contributed by atoms with Crippen LogP contribution >= 0.6 is 0 Å². The minimum atomic E-state index is -0.715. The van der Waals surface area contributed by atoms with Gasteiger partial charge in [0.15, 0.2) is 5.78 Å². The van der Waals surface area contributed by atoms with Crippen molar-refractivity contribution in [3.05, 3.63) is 0 Å². The van der Waals surface area contributed by atoms with Crippen LogP contribution in [0.25, 0.3) is 0 Å². The van der Waals surface area contributed by atoms with E-state index in [0.29, 0.717) is 6.42 Å². The van der Waals surface area contributed by atoms with Gasteiger partial charge in [-0.2, -0.15) is 0 Å². The summed E-state index contributed by atoms with van der Waals surface area (Å²) < 4.78 is 10.9. The minimum absolute atomic E-state index is 0.0926. The quantitative estimate of drug-likeness (QED) is 0.656. The first-order valence-electron chi connectivity index (χ1n) is 4.56. The topological polar surface area (TPSA) is 35.5 Å². The molecule has 1 aliphatic carbocycles. The number of ketones is 1. The summed E-state index contributed by atoms with van der Waals surface area (Å²) in [7, 11) is 1.55. The third-order valence-electron chi connectivity index (χ3n) is 2.46.